The van der Waals surface area contributed by atoms with Crippen molar-refractivity contribution in [2.45, 2.75) is 19.8 Å². The van der Waals surface area contributed by atoms with Crippen molar-refractivity contribution in [2.75, 3.05) is 7.11 Å². The fourth-order valence-electron chi connectivity index (χ4n) is 3.34. The monoisotopic (exact) mass is 320 g/mol. The fourth-order valence-corrected chi connectivity index (χ4v) is 3.34. The summed E-state index contributed by atoms with van der Waals surface area (Å²) in [6, 6.07) is 16.0. The highest BCUT2D eigenvalue weighted by Crippen LogP contribution is 2.48. The van der Waals surface area contributed by atoms with Gasteiger partial charge in [-0.3, -0.25) is 4.79 Å². The third-order valence-electron chi connectivity index (χ3n) is 4.32. The van der Waals surface area contributed by atoms with Gasteiger partial charge in [0.1, 0.15) is 5.75 Å². The van der Waals surface area contributed by atoms with Gasteiger partial charge >= 0.3 is 5.97 Å². The number of carbonyl (C=O) groups is 1. The van der Waals surface area contributed by atoms with Crippen LogP contribution in [0, 0.1) is 0 Å². The molecular weight excluding hydrogens is 300 g/mol. The molecule has 0 saturated heterocycles. The summed E-state index contributed by atoms with van der Waals surface area (Å²) in [6.45, 7) is 2.06. The van der Waals surface area contributed by atoms with Gasteiger partial charge in [0, 0.05) is 5.56 Å². The van der Waals surface area contributed by atoms with Crippen LogP contribution in [0.5, 0.6) is 5.75 Å². The van der Waals surface area contributed by atoms with Crippen LogP contribution in [-0.4, -0.2) is 18.2 Å². The molecule has 1 aliphatic rings. The van der Waals surface area contributed by atoms with Gasteiger partial charge in [-0.2, -0.15) is 0 Å². The number of carboxylic acid groups (broad SMARTS) is 1. The molecule has 0 radical (unpaired) electrons. The normalized spacial score (nSPS) is 14.8. The van der Waals surface area contributed by atoms with E-state index in [1.807, 2.05) is 36.4 Å². The summed E-state index contributed by atoms with van der Waals surface area (Å²) in [7, 11) is 1.62. The molecule has 1 aliphatic carbocycles. The van der Waals surface area contributed by atoms with E-state index in [4.69, 9.17) is 4.74 Å². The maximum absolute atomic E-state index is 11.4. The fraction of sp³-hybridized carbons (Fsp3) is 0.190. The minimum Gasteiger partial charge on any atom is -0.496 e. The van der Waals surface area contributed by atoms with Gasteiger partial charge in [-0.1, -0.05) is 49.4 Å². The Hall–Kier alpha value is -2.81. The number of fused-ring (bicyclic) bond motifs is 1. The van der Waals surface area contributed by atoms with Crippen molar-refractivity contribution in [3.63, 3.8) is 0 Å². The van der Waals surface area contributed by atoms with Gasteiger partial charge in [-0.05, 0) is 46.4 Å². The third-order valence-corrected chi connectivity index (χ3v) is 4.32. The number of hydrogen-bond acceptors (Lipinski definition) is 2. The molecule has 3 rings (SSSR count). The Morgan fingerprint density at radius 3 is 2.46 bits per heavy atom. The highest BCUT2D eigenvalue weighted by atomic mass is 16.5. The van der Waals surface area contributed by atoms with E-state index in [-0.39, 0.29) is 6.42 Å². The topological polar surface area (TPSA) is 46.5 Å². The number of hydrogen-bond donors (Lipinski definition) is 1. The maximum Gasteiger partial charge on any atom is 0.307 e. The molecule has 2 aromatic rings. The lowest BCUT2D eigenvalue weighted by atomic mass is 9.98. The number of methoxy groups -OCH3 is 1. The number of allylic oxidation sites excluding steroid dienone is 2. The van der Waals surface area contributed by atoms with E-state index in [9.17, 15) is 9.90 Å². The molecule has 0 aromatic heterocycles. The average molecular weight is 320 g/mol. The quantitative estimate of drug-likeness (QED) is 0.853. The second-order valence-corrected chi connectivity index (χ2v) is 5.73. The summed E-state index contributed by atoms with van der Waals surface area (Å²) in [5.41, 5.74) is 6.10. The van der Waals surface area contributed by atoms with Gasteiger partial charge in [0.15, 0.2) is 0 Å². The van der Waals surface area contributed by atoms with Gasteiger partial charge in [0.05, 0.1) is 13.5 Å². The molecule has 1 N–H and O–H groups in total. The van der Waals surface area contributed by atoms with E-state index in [0.29, 0.717) is 0 Å². The first-order valence-electron chi connectivity index (χ1n) is 8.04. The summed E-state index contributed by atoms with van der Waals surface area (Å²) in [6.07, 6.45) is 2.91. The van der Waals surface area contributed by atoms with E-state index in [1.165, 1.54) is 0 Å². The Morgan fingerprint density at radius 2 is 1.83 bits per heavy atom. The summed E-state index contributed by atoms with van der Waals surface area (Å²) < 4.78 is 5.51. The zero-order valence-electron chi connectivity index (χ0n) is 13.9. The largest absolute Gasteiger partial charge is 0.496 e. The molecule has 122 valence electrons. The van der Waals surface area contributed by atoms with E-state index < -0.39 is 5.97 Å². The van der Waals surface area contributed by atoms with Crippen molar-refractivity contribution < 1.29 is 14.6 Å². The summed E-state index contributed by atoms with van der Waals surface area (Å²) in [4.78, 5) is 11.4. The minimum atomic E-state index is -0.825. The molecule has 0 aliphatic heterocycles. The van der Waals surface area contributed by atoms with Gasteiger partial charge in [-0.25, -0.2) is 0 Å². The molecule has 0 heterocycles. The van der Waals surface area contributed by atoms with E-state index in [1.54, 1.807) is 7.11 Å². The van der Waals surface area contributed by atoms with Gasteiger partial charge < -0.3 is 9.84 Å². The molecule has 0 spiro atoms. The second kappa shape index (κ2) is 6.75. The third kappa shape index (κ3) is 2.85. The Balaban J connectivity index is 2.25. The number of ether oxygens (including phenoxy) is 1. The molecule has 24 heavy (non-hydrogen) atoms. The van der Waals surface area contributed by atoms with Crippen LogP contribution >= 0.6 is 0 Å². The number of rotatable bonds is 5. The van der Waals surface area contributed by atoms with Gasteiger partial charge in [0.2, 0.25) is 0 Å². The van der Waals surface area contributed by atoms with Crippen molar-refractivity contribution in [2.24, 2.45) is 0 Å². The van der Waals surface area contributed by atoms with Crippen LogP contribution in [0.15, 0.2) is 54.1 Å². The molecule has 0 unspecified atom stereocenters. The van der Waals surface area contributed by atoms with Crippen LogP contribution in [0.4, 0.5) is 0 Å². The summed E-state index contributed by atoms with van der Waals surface area (Å²) >= 11 is 0. The predicted octanol–water partition coefficient (Wildman–Crippen LogP) is 4.89. The van der Waals surface area contributed by atoms with Crippen molar-refractivity contribution >= 4 is 23.2 Å². The molecule has 2 aromatic carbocycles. The van der Waals surface area contributed by atoms with Crippen LogP contribution in [0.3, 0.4) is 0 Å². The molecule has 3 nitrogen and oxygen atoms in total. The zero-order valence-corrected chi connectivity index (χ0v) is 13.9. The van der Waals surface area contributed by atoms with Crippen LogP contribution < -0.4 is 4.74 Å². The molecule has 3 heteroatoms. The lowest BCUT2D eigenvalue weighted by molar-refractivity contribution is -0.135. The second-order valence-electron chi connectivity index (χ2n) is 5.73. The van der Waals surface area contributed by atoms with Crippen LogP contribution in [0.1, 0.15) is 36.5 Å². The molecule has 0 bridgehead atoms. The van der Waals surface area contributed by atoms with Crippen molar-refractivity contribution in [1.82, 2.24) is 0 Å². The van der Waals surface area contributed by atoms with E-state index in [2.05, 4.69) is 25.1 Å². The lowest BCUT2D eigenvalue weighted by Crippen LogP contribution is -1.99. The standard InChI is InChI=1S/C21H20O3/c1-3-15-17(12-14-8-5-4-6-9-14)16-10-7-11-19(24-2)21(16)18(15)13-20(22)23/h4-12H,3,13H2,1-2H3,(H,22,23)/b17-12-. The first-order chi connectivity index (χ1) is 11.7. The Morgan fingerprint density at radius 1 is 1.08 bits per heavy atom. The summed E-state index contributed by atoms with van der Waals surface area (Å²) in [5.74, 6) is -0.0973. The molecular formula is C21H20O3. The highest BCUT2D eigenvalue weighted by Gasteiger charge is 2.29. The molecule has 0 atom stereocenters. The van der Waals surface area contributed by atoms with Crippen LogP contribution in [-0.2, 0) is 4.79 Å². The zero-order chi connectivity index (χ0) is 17.1. The molecule has 0 saturated carbocycles. The minimum absolute atomic E-state index is 0.00266. The van der Waals surface area contributed by atoms with Crippen molar-refractivity contribution in [3.8, 4) is 5.75 Å². The first kappa shape index (κ1) is 16.1. The predicted molar refractivity (Wildman–Crippen MR) is 96.8 cm³/mol. The van der Waals surface area contributed by atoms with Crippen LogP contribution in [0.2, 0.25) is 0 Å². The molecule has 0 fully saturated rings. The Labute approximate surface area is 141 Å². The van der Waals surface area contributed by atoms with Crippen molar-refractivity contribution in [3.05, 3.63) is 70.8 Å². The van der Waals surface area contributed by atoms with Gasteiger partial charge in [0.25, 0.3) is 0 Å². The summed E-state index contributed by atoms with van der Waals surface area (Å²) in [5, 5.41) is 9.36. The number of carboxylic acids is 1. The average Bonchev–Trinajstić information content (AvgIpc) is 2.88. The SMILES string of the molecule is CCC1=C(CC(=O)O)c2c(OC)cccc2/C1=C\c1ccccc1. The maximum atomic E-state index is 11.4. The van der Waals surface area contributed by atoms with E-state index in [0.717, 1.165) is 45.6 Å². The van der Waals surface area contributed by atoms with Gasteiger partial charge in [-0.15, -0.1) is 0 Å². The van der Waals surface area contributed by atoms with Crippen molar-refractivity contribution in [1.29, 1.82) is 0 Å². The molecule has 0 amide bonds. The van der Waals surface area contributed by atoms with E-state index >= 15 is 0 Å². The first-order valence-corrected chi connectivity index (χ1v) is 8.04. The number of aliphatic carboxylic acids is 1. The highest BCUT2D eigenvalue weighted by molar-refractivity contribution is 6.09. The Kier molecular flexibility index (Phi) is 4.52. The van der Waals surface area contributed by atoms with Crippen LogP contribution in [0.25, 0.3) is 17.2 Å². The Bertz CT molecular complexity index is 829. The number of benzene rings is 2. The smallest absolute Gasteiger partial charge is 0.307 e. The lowest BCUT2D eigenvalue weighted by Gasteiger charge is -2.10.